The van der Waals surface area contributed by atoms with Gasteiger partial charge in [0, 0.05) is 6.04 Å². The molecule has 7 nitrogen and oxygen atoms in total. The summed E-state index contributed by atoms with van der Waals surface area (Å²) in [7, 11) is 0. The highest BCUT2D eigenvalue weighted by Crippen LogP contribution is 2.30. The van der Waals surface area contributed by atoms with Crippen molar-refractivity contribution < 1.29 is 4.79 Å². The number of nitrogens with one attached hydrogen (secondary N) is 1. The summed E-state index contributed by atoms with van der Waals surface area (Å²) >= 11 is 1.54. The standard InChI is InChI=1S/C18H23N5O2S/c1-11(2)20-14(24)10-22-17(25)16-12(9-19-23(16)18(3,4)5)15(21-22)13-7-6-8-26-13/h6-9,11H,10H2,1-5H3,(H,20,24). The smallest absolute Gasteiger partial charge is 0.293 e. The number of thiophene rings is 1. The Kier molecular flexibility index (Phi) is 4.70. The van der Waals surface area contributed by atoms with Gasteiger partial charge in [0.15, 0.2) is 0 Å². The van der Waals surface area contributed by atoms with E-state index in [0.717, 1.165) is 4.88 Å². The fourth-order valence-corrected chi connectivity index (χ4v) is 3.51. The molecule has 8 heteroatoms. The first kappa shape index (κ1) is 18.3. The number of aromatic nitrogens is 4. The molecule has 1 N–H and O–H groups in total. The van der Waals surface area contributed by atoms with Crippen LogP contribution in [0.3, 0.4) is 0 Å². The van der Waals surface area contributed by atoms with E-state index in [1.165, 1.54) is 16.0 Å². The normalized spacial score (nSPS) is 12.1. The highest BCUT2D eigenvalue weighted by atomic mass is 32.1. The number of carbonyl (C=O) groups is 1. The van der Waals surface area contributed by atoms with E-state index in [4.69, 9.17) is 0 Å². The number of fused-ring (bicyclic) bond motifs is 1. The van der Waals surface area contributed by atoms with E-state index in [1.54, 1.807) is 10.9 Å². The molecule has 0 bridgehead atoms. The zero-order chi connectivity index (χ0) is 19.1. The quantitative estimate of drug-likeness (QED) is 0.762. The van der Waals surface area contributed by atoms with Crippen molar-refractivity contribution in [3.05, 3.63) is 34.1 Å². The maximum absolute atomic E-state index is 13.1. The maximum Gasteiger partial charge on any atom is 0.293 e. The van der Waals surface area contributed by atoms with Gasteiger partial charge in [-0.05, 0) is 46.1 Å². The van der Waals surface area contributed by atoms with Crippen molar-refractivity contribution in [2.24, 2.45) is 0 Å². The second-order valence-electron chi connectivity index (χ2n) is 7.50. The second kappa shape index (κ2) is 6.68. The Balaban J connectivity index is 2.24. The molecule has 3 heterocycles. The van der Waals surface area contributed by atoms with Crippen LogP contribution in [-0.4, -0.2) is 31.5 Å². The van der Waals surface area contributed by atoms with Crippen LogP contribution in [0.2, 0.25) is 0 Å². The number of amides is 1. The van der Waals surface area contributed by atoms with Crippen molar-refractivity contribution in [2.45, 2.75) is 52.7 Å². The summed E-state index contributed by atoms with van der Waals surface area (Å²) in [5.74, 6) is -0.243. The van der Waals surface area contributed by atoms with Gasteiger partial charge in [0.25, 0.3) is 5.56 Å². The summed E-state index contributed by atoms with van der Waals surface area (Å²) in [4.78, 5) is 26.2. The first-order chi connectivity index (χ1) is 12.2. The van der Waals surface area contributed by atoms with Gasteiger partial charge in [0.2, 0.25) is 5.91 Å². The van der Waals surface area contributed by atoms with Gasteiger partial charge < -0.3 is 5.32 Å². The van der Waals surface area contributed by atoms with E-state index in [-0.39, 0.29) is 29.6 Å². The van der Waals surface area contributed by atoms with E-state index >= 15 is 0 Å². The highest BCUT2D eigenvalue weighted by Gasteiger charge is 2.24. The molecule has 3 aromatic heterocycles. The van der Waals surface area contributed by atoms with Crippen molar-refractivity contribution in [1.29, 1.82) is 0 Å². The topological polar surface area (TPSA) is 81.8 Å². The monoisotopic (exact) mass is 373 g/mol. The average Bonchev–Trinajstić information content (AvgIpc) is 3.17. The van der Waals surface area contributed by atoms with Crippen molar-refractivity contribution in [3.63, 3.8) is 0 Å². The highest BCUT2D eigenvalue weighted by molar-refractivity contribution is 7.13. The summed E-state index contributed by atoms with van der Waals surface area (Å²) in [6, 6.07) is 3.88. The molecule has 0 aliphatic rings. The van der Waals surface area contributed by atoms with E-state index in [1.807, 2.05) is 52.1 Å². The van der Waals surface area contributed by atoms with Crippen LogP contribution in [0, 0.1) is 0 Å². The number of nitrogens with zero attached hydrogens (tertiary/aromatic N) is 4. The summed E-state index contributed by atoms with van der Waals surface area (Å²) in [6.45, 7) is 9.59. The Morgan fingerprint density at radius 3 is 2.65 bits per heavy atom. The fraction of sp³-hybridized carbons (Fsp3) is 0.444. The minimum Gasteiger partial charge on any atom is -0.352 e. The van der Waals surface area contributed by atoms with Gasteiger partial charge in [0.1, 0.15) is 17.8 Å². The molecule has 0 radical (unpaired) electrons. The van der Waals surface area contributed by atoms with Crippen LogP contribution in [0.15, 0.2) is 28.5 Å². The first-order valence-electron chi connectivity index (χ1n) is 8.51. The Bertz CT molecular complexity index is 993. The second-order valence-corrected chi connectivity index (χ2v) is 8.45. The molecular formula is C18H23N5O2S. The van der Waals surface area contributed by atoms with E-state index in [9.17, 15) is 9.59 Å². The van der Waals surface area contributed by atoms with Gasteiger partial charge in [-0.25, -0.2) is 4.68 Å². The lowest BCUT2D eigenvalue weighted by atomic mass is 10.1. The van der Waals surface area contributed by atoms with Crippen LogP contribution in [0.25, 0.3) is 21.5 Å². The minimum atomic E-state index is -0.368. The third kappa shape index (κ3) is 3.41. The molecule has 0 spiro atoms. The van der Waals surface area contributed by atoms with Gasteiger partial charge in [-0.15, -0.1) is 11.3 Å². The summed E-state index contributed by atoms with van der Waals surface area (Å²) < 4.78 is 2.94. The van der Waals surface area contributed by atoms with Crippen molar-refractivity contribution in [3.8, 4) is 10.6 Å². The summed E-state index contributed by atoms with van der Waals surface area (Å²) in [6.07, 6.45) is 1.68. The summed E-state index contributed by atoms with van der Waals surface area (Å²) in [5, 5.41) is 14.4. The Labute approximate surface area is 155 Å². The predicted molar refractivity (Wildman–Crippen MR) is 103 cm³/mol. The van der Waals surface area contributed by atoms with Crippen LogP contribution in [0.5, 0.6) is 0 Å². The van der Waals surface area contributed by atoms with Crippen molar-refractivity contribution in [2.75, 3.05) is 0 Å². The molecule has 0 aliphatic heterocycles. The van der Waals surface area contributed by atoms with E-state index in [0.29, 0.717) is 16.6 Å². The zero-order valence-electron chi connectivity index (χ0n) is 15.6. The number of rotatable bonds is 4. The van der Waals surface area contributed by atoms with Crippen LogP contribution >= 0.6 is 11.3 Å². The Morgan fingerprint density at radius 1 is 1.35 bits per heavy atom. The molecule has 3 rings (SSSR count). The van der Waals surface area contributed by atoms with E-state index < -0.39 is 0 Å². The number of hydrogen-bond donors (Lipinski definition) is 1. The van der Waals surface area contributed by atoms with Gasteiger partial charge in [-0.3, -0.25) is 14.3 Å². The maximum atomic E-state index is 13.1. The molecule has 3 aromatic rings. The van der Waals surface area contributed by atoms with E-state index in [2.05, 4.69) is 15.5 Å². The lowest BCUT2D eigenvalue weighted by molar-refractivity contribution is -0.122. The average molecular weight is 373 g/mol. The van der Waals surface area contributed by atoms with Gasteiger partial charge in [-0.1, -0.05) is 6.07 Å². The van der Waals surface area contributed by atoms with Gasteiger partial charge >= 0.3 is 0 Å². The summed E-state index contributed by atoms with van der Waals surface area (Å²) in [5.41, 5.74) is 0.454. The third-order valence-corrected chi connectivity index (χ3v) is 4.69. The van der Waals surface area contributed by atoms with Crippen LogP contribution < -0.4 is 10.9 Å². The number of carbonyl (C=O) groups excluding carboxylic acids is 1. The SMILES string of the molecule is CC(C)NC(=O)Cn1nc(-c2cccs2)c2cnn(C(C)(C)C)c2c1=O. The predicted octanol–water partition coefficient (Wildman–Crippen LogP) is 2.60. The lowest BCUT2D eigenvalue weighted by Gasteiger charge is -2.20. The van der Waals surface area contributed by atoms with Crippen LogP contribution in [-0.2, 0) is 16.9 Å². The fourth-order valence-electron chi connectivity index (χ4n) is 2.78. The molecule has 0 saturated carbocycles. The molecule has 0 atom stereocenters. The molecule has 0 unspecified atom stereocenters. The molecule has 0 aromatic carbocycles. The molecule has 1 amide bonds. The van der Waals surface area contributed by atoms with Gasteiger partial charge in [-0.2, -0.15) is 10.2 Å². The van der Waals surface area contributed by atoms with Gasteiger partial charge in [0.05, 0.1) is 22.0 Å². The lowest BCUT2D eigenvalue weighted by Crippen LogP contribution is -2.38. The van der Waals surface area contributed by atoms with Crippen molar-refractivity contribution in [1.82, 2.24) is 24.9 Å². The molecule has 138 valence electrons. The molecule has 0 fully saturated rings. The molecule has 0 aliphatic carbocycles. The first-order valence-corrected chi connectivity index (χ1v) is 9.39. The molecular weight excluding hydrogens is 350 g/mol. The Hall–Kier alpha value is -2.48. The number of hydrogen-bond acceptors (Lipinski definition) is 5. The zero-order valence-corrected chi connectivity index (χ0v) is 16.4. The minimum absolute atomic E-state index is 0.00111. The van der Waals surface area contributed by atoms with Crippen molar-refractivity contribution >= 4 is 28.1 Å². The van der Waals surface area contributed by atoms with Crippen LogP contribution in [0.4, 0.5) is 0 Å². The van der Waals surface area contributed by atoms with Crippen LogP contribution in [0.1, 0.15) is 34.6 Å². The largest absolute Gasteiger partial charge is 0.352 e. The third-order valence-electron chi connectivity index (χ3n) is 3.82. The molecule has 26 heavy (non-hydrogen) atoms. The molecule has 0 saturated heterocycles. The Morgan fingerprint density at radius 2 is 2.08 bits per heavy atom.